The van der Waals surface area contributed by atoms with Gasteiger partial charge in [0.05, 0.1) is 4.90 Å². The number of nitrogens with one attached hydrogen (secondary N) is 1. The molecule has 1 aliphatic carbocycles. The van der Waals surface area contributed by atoms with Crippen molar-refractivity contribution in [2.24, 2.45) is 11.8 Å². The van der Waals surface area contributed by atoms with Crippen LogP contribution in [-0.4, -0.2) is 15.0 Å². The van der Waals surface area contributed by atoms with Crippen LogP contribution in [0.15, 0.2) is 27.6 Å². The zero-order chi connectivity index (χ0) is 14.8. The van der Waals surface area contributed by atoms with Crippen molar-refractivity contribution in [3.63, 3.8) is 0 Å². The van der Waals surface area contributed by atoms with Gasteiger partial charge in [-0.15, -0.1) is 0 Å². The van der Waals surface area contributed by atoms with E-state index in [9.17, 15) is 8.42 Å². The van der Waals surface area contributed by atoms with Gasteiger partial charge in [0.25, 0.3) is 0 Å². The van der Waals surface area contributed by atoms with Crippen LogP contribution in [-0.2, 0) is 10.0 Å². The molecule has 6 heteroatoms. The Hall–Kier alpha value is -0.590. The number of nitrogen functional groups attached to an aromatic ring is 1. The molecule has 0 aliphatic heterocycles. The molecule has 1 aliphatic rings. The number of hydrogen-bond donors (Lipinski definition) is 2. The van der Waals surface area contributed by atoms with E-state index < -0.39 is 10.0 Å². The molecule has 0 heterocycles. The largest absolute Gasteiger partial charge is 0.399 e. The summed E-state index contributed by atoms with van der Waals surface area (Å²) in [5.74, 6) is 1.01. The van der Waals surface area contributed by atoms with Gasteiger partial charge >= 0.3 is 0 Å². The summed E-state index contributed by atoms with van der Waals surface area (Å²) in [7, 11) is -3.51. The highest BCUT2D eigenvalue weighted by Gasteiger charge is 2.24. The summed E-state index contributed by atoms with van der Waals surface area (Å²) in [5.41, 5.74) is 6.12. The average Bonchev–Trinajstić information content (AvgIpc) is 2.40. The van der Waals surface area contributed by atoms with E-state index in [0.717, 1.165) is 6.42 Å². The van der Waals surface area contributed by atoms with Crippen molar-refractivity contribution < 1.29 is 8.42 Å². The van der Waals surface area contributed by atoms with Gasteiger partial charge in [0.1, 0.15) is 0 Å². The van der Waals surface area contributed by atoms with E-state index in [0.29, 0.717) is 28.5 Å². The monoisotopic (exact) mass is 360 g/mol. The van der Waals surface area contributed by atoms with Crippen LogP contribution >= 0.6 is 15.9 Å². The number of rotatable bonds is 4. The molecule has 0 spiro atoms. The number of hydrogen-bond acceptors (Lipinski definition) is 3. The Balaban J connectivity index is 2.09. The molecule has 2 unspecified atom stereocenters. The third kappa shape index (κ3) is 3.74. The van der Waals surface area contributed by atoms with E-state index in [2.05, 4.69) is 27.6 Å². The van der Waals surface area contributed by atoms with Gasteiger partial charge < -0.3 is 5.73 Å². The molecule has 1 aromatic rings. The Kier molecular flexibility index (Phi) is 5.09. The molecular weight excluding hydrogens is 340 g/mol. The molecule has 1 aromatic carbocycles. The van der Waals surface area contributed by atoms with Gasteiger partial charge in [0.2, 0.25) is 10.0 Å². The van der Waals surface area contributed by atoms with E-state index in [1.165, 1.54) is 25.3 Å². The van der Waals surface area contributed by atoms with Gasteiger partial charge in [0, 0.05) is 16.7 Å². The first-order valence-corrected chi connectivity index (χ1v) is 9.22. The normalized spacial score (nSPS) is 23.7. The predicted molar refractivity (Wildman–Crippen MR) is 84.9 cm³/mol. The molecular formula is C14H21BrN2O2S. The Bertz CT molecular complexity index is 575. The van der Waals surface area contributed by atoms with E-state index in [1.807, 2.05) is 0 Å². The fourth-order valence-electron chi connectivity index (χ4n) is 2.72. The molecule has 0 radical (unpaired) electrons. The van der Waals surface area contributed by atoms with Crippen molar-refractivity contribution in [2.75, 3.05) is 12.3 Å². The second kappa shape index (κ2) is 6.45. The SMILES string of the molecule is CC1CCCCC1CNS(=O)(=O)c1cc(N)ccc1Br. The highest BCUT2D eigenvalue weighted by molar-refractivity contribution is 9.10. The first-order valence-electron chi connectivity index (χ1n) is 6.95. The van der Waals surface area contributed by atoms with Crippen molar-refractivity contribution in [1.29, 1.82) is 0 Å². The van der Waals surface area contributed by atoms with Crippen LogP contribution in [0.5, 0.6) is 0 Å². The van der Waals surface area contributed by atoms with Crippen LogP contribution < -0.4 is 10.5 Å². The summed E-state index contributed by atoms with van der Waals surface area (Å²) in [4.78, 5) is 0.209. The number of nitrogens with two attached hydrogens (primary N) is 1. The quantitative estimate of drug-likeness (QED) is 0.810. The molecule has 2 atom stereocenters. The number of benzene rings is 1. The van der Waals surface area contributed by atoms with Crippen LogP contribution in [0.4, 0.5) is 5.69 Å². The molecule has 3 N–H and O–H groups in total. The van der Waals surface area contributed by atoms with Gasteiger partial charge in [-0.05, 0) is 52.4 Å². The molecule has 1 saturated carbocycles. The zero-order valence-corrected chi connectivity index (χ0v) is 14.0. The van der Waals surface area contributed by atoms with E-state index in [1.54, 1.807) is 12.1 Å². The fraction of sp³-hybridized carbons (Fsp3) is 0.571. The van der Waals surface area contributed by atoms with Gasteiger partial charge in [-0.2, -0.15) is 0 Å². The number of sulfonamides is 1. The smallest absolute Gasteiger partial charge is 0.241 e. The minimum Gasteiger partial charge on any atom is -0.399 e. The highest BCUT2D eigenvalue weighted by atomic mass is 79.9. The fourth-order valence-corrected chi connectivity index (χ4v) is 4.81. The van der Waals surface area contributed by atoms with Gasteiger partial charge in [-0.3, -0.25) is 0 Å². The molecule has 1 fully saturated rings. The van der Waals surface area contributed by atoms with Crippen molar-refractivity contribution in [1.82, 2.24) is 4.72 Å². The maximum Gasteiger partial charge on any atom is 0.241 e. The summed E-state index contributed by atoms with van der Waals surface area (Å²) in [5, 5.41) is 0. The second-order valence-electron chi connectivity index (χ2n) is 5.56. The Morgan fingerprint density at radius 3 is 2.75 bits per heavy atom. The minimum atomic E-state index is -3.51. The molecule has 2 rings (SSSR count). The standard InChI is InChI=1S/C14H21BrN2O2S/c1-10-4-2-3-5-11(10)9-17-20(18,19)14-8-12(16)6-7-13(14)15/h6-8,10-11,17H,2-5,9,16H2,1H3. The Morgan fingerprint density at radius 1 is 1.35 bits per heavy atom. The number of anilines is 1. The van der Waals surface area contributed by atoms with Crippen molar-refractivity contribution in [3.05, 3.63) is 22.7 Å². The lowest BCUT2D eigenvalue weighted by atomic mass is 9.81. The zero-order valence-electron chi connectivity index (χ0n) is 11.6. The highest BCUT2D eigenvalue weighted by Crippen LogP contribution is 2.30. The van der Waals surface area contributed by atoms with Crippen molar-refractivity contribution in [2.45, 2.75) is 37.5 Å². The molecule has 0 aromatic heterocycles. The lowest BCUT2D eigenvalue weighted by Gasteiger charge is -2.28. The molecule has 4 nitrogen and oxygen atoms in total. The molecule has 0 saturated heterocycles. The van der Waals surface area contributed by atoms with Gasteiger partial charge in [0.15, 0.2) is 0 Å². The predicted octanol–water partition coefficient (Wildman–Crippen LogP) is 3.14. The summed E-state index contributed by atoms with van der Waals surface area (Å²) in [6.07, 6.45) is 4.74. The lowest BCUT2D eigenvalue weighted by Crippen LogP contribution is -2.33. The summed E-state index contributed by atoms with van der Waals surface area (Å²) >= 11 is 3.27. The summed E-state index contributed by atoms with van der Waals surface area (Å²) < 4.78 is 28.0. The number of halogens is 1. The second-order valence-corrected chi connectivity index (χ2v) is 8.15. The third-order valence-corrected chi connectivity index (χ3v) is 6.49. The summed E-state index contributed by atoms with van der Waals surface area (Å²) in [6.45, 7) is 2.71. The molecule has 0 bridgehead atoms. The van der Waals surface area contributed by atoms with E-state index >= 15 is 0 Å². The molecule has 20 heavy (non-hydrogen) atoms. The van der Waals surface area contributed by atoms with Gasteiger partial charge in [-0.25, -0.2) is 13.1 Å². The topological polar surface area (TPSA) is 72.2 Å². The van der Waals surface area contributed by atoms with Crippen LogP contribution in [0.3, 0.4) is 0 Å². The Morgan fingerprint density at radius 2 is 2.05 bits per heavy atom. The van der Waals surface area contributed by atoms with E-state index in [4.69, 9.17) is 5.73 Å². The van der Waals surface area contributed by atoms with Crippen LogP contribution in [0, 0.1) is 11.8 Å². The first kappa shape index (κ1) is 15.8. The Labute approximate surface area is 129 Å². The molecule has 112 valence electrons. The van der Waals surface area contributed by atoms with Crippen LogP contribution in [0.25, 0.3) is 0 Å². The maximum atomic E-state index is 12.4. The van der Waals surface area contributed by atoms with Crippen LogP contribution in [0.2, 0.25) is 0 Å². The van der Waals surface area contributed by atoms with Crippen molar-refractivity contribution >= 4 is 31.6 Å². The lowest BCUT2D eigenvalue weighted by molar-refractivity contribution is 0.257. The van der Waals surface area contributed by atoms with Gasteiger partial charge in [-0.1, -0.05) is 26.2 Å². The average molecular weight is 361 g/mol. The molecule has 0 amide bonds. The van der Waals surface area contributed by atoms with Crippen molar-refractivity contribution in [3.8, 4) is 0 Å². The first-order chi connectivity index (χ1) is 9.40. The minimum absolute atomic E-state index is 0.209. The summed E-state index contributed by atoms with van der Waals surface area (Å²) in [6, 6.07) is 4.82. The maximum absolute atomic E-state index is 12.4. The van der Waals surface area contributed by atoms with E-state index in [-0.39, 0.29) is 4.90 Å². The third-order valence-electron chi connectivity index (χ3n) is 4.07. The van der Waals surface area contributed by atoms with Crippen LogP contribution in [0.1, 0.15) is 32.6 Å².